The fourth-order valence-electron chi connectivity index (χ4n) is 2.35. The quantitative estimate of drug-likeness (QED) is 0.828. The molecule has 1 atom stereocenters. The summed E-state index contributed by atoms with van der Waals surface area (Å²) in [4.78, 5) is 13.9. The average Bonchev–Trinajstić information content (AvgIpc) is 2.49. The summed E-state index contributed by atoms with van der Waals surface area (Å²) in [6, 6.07) is 6.08. The summed E-state index contributed by atoms with van der Waals surface area (Å²) in [7, 11) is 1.61. The highest BCUT2D eigenvalue weighted by Crippen LogP contribution is 2.14. The van der Waals surface area contributed by atoms with Gasteiger partial charge in [0.15, 0.2) is 0 Å². The Morgan fingerprint density at radius 3 is 3.15 bits per heavy atom. The van der Waals surface area contributed by atoms with E-state index in [1.807, 2.05) is 11.0 Å². The summed E-state index contributed by atoms with van der Waals surface area (Å²) in [6.07, 6.45) is 0. The molecule has 1 saturated heterocycles. The standard InChI is InChI=1S/C14H17FN4O/c1-17-14(20)13-8-18-4-5-19(13)9-10-2-3-12(15)11(6-10)7-16/h2-3,6,13,18H,4-5,8-9H2,1H3,(H,17,20). The van der Waals surface area contributed by atoms with Gasteiger partial charge in [-0.15, -0.1) is 0 Å². The molecule has 0 radical (unpaired) electrons. The van der Waals surface area contributed by atoms with Crippen LogP contribution in [-0.4, -0.2) is 43.5 Å². The lowest BCUT2D eigenvalue weighted by Gasteiger charge is -2.34. The second-order valence-electron chi connectivity index (χ2n) is 4.73. The van der Waals surface area contributed by atoms with Crippen LogP contribution in [0.5, 0.6) is 0 Å². The van der Waals surface area contributed by atoms with Gasteiger partial charge in [-0.2, -0.15) is 5.26 Å². The predicted molar refractivity (Wildman–Crippen MR) is 72.2 cm³/mol. The van der Waals surface area contributed by atoms with Gasteiger partial charge in [-0.1, -0.05) is 6.07 Å². The zero-order valence-electron chi connectivity index (χ0n) is 11.3. The van der Waals surface area contributed by atoms with Gasteiger partial charge < -0.3 is 10.6 Å². The molecule has 2 N–H and O–H groups in total. The molecular formula is C14H17FN4O. The molecule has 20 heavy (non-hydrogen) atoms. The van der Waals surface area contributed by atoms with Gasteiger partial charge in [0.1, 0.15) is 17.9 Å². The van der Waals surface area contributed by atoms with Crippen LogP contribution in [0.3, 0.4) is 0 Å². The van der Waals surface area contributed by atoms with Crippen LogP contribution in [0.1, 0.15) is 11.1 Å². The Morgan fingerprint density at radius 2 is 2.45 bits per heavy atom. The first-order valence-corrected chi connectivity index (χ1v) is 6.50. The SMILES string of the molecule is CNC(=O)C1CNCCN1Cc1ccc(F)c(C#N)c1. The molecule has 1 fully saturated rings. The van der Waals surface area contributed by atoms with Crippen molar-refractivity contribution in [2.45, 2.75) is 12.6 Å². The van der Waals surface area contributed by atoms with Crippen molar-refractivity contribution in [3.63, 3.8) is 0 Å². The first kappa shape index (κ1) is 14.4. The third-order valence-electron chi connectivity index (χ3n) is 3.44. The number of piperazine rings is 1. The van der Waals surface area contributed by atoms with Crippen molar-refractivity contribution >= 4 is 5.91 Å². The molecule has 1 aliphatic rings. The number of nitriles is 1. The van der Waals surface area contributed by atoms with E-state index in [0.29, 0.717) is 13.1 Å². The number of hydrogen-bond acceptors (Lipinski definition) is 4. The molecule has 5 nitrogen and oxygen atoms in total. The summed E-state index contributed by atoms with van der Waals surface area (Å²) in [6.45, 7) is 2.65. The van der Waals surface area contributed by atoms with E-state index in [2.05, 4.69) is 10.6 Å². The number of benzene rings is 1. The largest absolute Gasteiger partial charge is 0.358 e. The topological polar surface area (TPSA) is 68.2 Å². The van der Waals surface area contributed by atoms with Gasteiger partial charge in [-0.25, -0.2) is 4.39 Å². The van der Waals surface area contributed by atoms with Crippen LogP contribution in [0.4, 0.5) is 4.39 Å². The maximum Gasteiger partial charge on any atom is 0.238 e. The van der Waals surface area contributed by atoms with Gasteiger partial charge >= 0.3 is 0 Å². The monoisotopic (exact) mass is 276 g/mol. The van der Waals surface area contributed by atoms with Gasteiger partial charge in [0.05, 0.1) is 5.56 Å². The summed E-state index contributed by atoms with van der Waals surface area (Å²) in [5.41, 5.74) is 0.868. The minimum Gasteiger partial charge on any atom is -0.358 e. The van der Waals surface area contributed by atoms with Crippen LogP contribution < -0.4 is 10.6 Å². The molecule has 106 valence electrons. The van der Waals surface area contributed by atoms with Crippen LogP contribution in [0, 0.1) is 17.1 Å². The van der Waals surface area contributed by atoms with E-state index in [-0.39, 0.29) is 17.5 Å². The smallest absolute Gasteiger partial charge is 0.238 e. The molecule has 0 spiro atoms. The maximum atomic E-state index is 13.3. The molecule has 0 bridgehead atoms. The number of rotatable bonds is 3. The lowest BCUT2D eigenvalue weighted by molar-refractivity contribution is -0.126. The number of nitrogens with zero attached hydrogens (tertiary/aromatic N) is 2. The fourth-order valence-corrected chi connectivity index (χ4v) is 2.35. The van der Waals surface area contributed by atoms with Gasteiger partial charge in [0.2, 0.25) is 5.91 Å². The molecule has 2 rings (SSSR count). The Hall–Kier alpha value is -1.97. The first-order valence-electron chi connectivity index (χ1n) is 6.50. The average molecular weight is 276 g/mol. The van der Waals surface area contributed by atoms with E-state index in [1.54, 1.807) is 13.1 Å². The summed E-state index contributed by atoms with van der Waals surface area (Å²) < 4.78 is 13.3. The van der Waals surface area contributed by atoms with Crippen molar-refractivity contribution in [2.24, 2.45) is 0 Å². The van der Waals surface area contributed by atoms with Gasteiger partial charge in [-0.05, 0) is 17.7 Å². The van der Waals surface area contributed by atoms with E-state index in [0.717, 1.165) is 18.7 Å². The molecule has 6 heteroatoms. The summed E-state index contributed by atoms with van der Waals surface area (Å²) >= 11 is 0. The summed E-state index contributed by atoms with van der Waals surface area (Å²) in [5, 5.41) is 14.7. The van der Waals surface area contributed by atoms with Crippen LogP contribution in [0.25, 0.3) is 0 Å². The van der Waals surface area contributed by atoms with Crippen molar-refractivity contribution in [1.82, 2.24) is 15.5 Å². The first-order chi connectivity index (χ1) is 9.65. The Kier molecular flexibility index (Phi) is 4.66. The highest BCUT2D eigenvalue weighted by molar-refractivity contribution is 5.81. The molecule has 1 unspecified atom stereocenters. The van der Waals surface area contributed by atoms with Crippen LogP contribution in [0.2, 0.25) is 0 Å². The molecule has 1 amide bonds. The van der Waals surface area contributed by atoms with Crippen LogP contribution in [-0.2, 0) is 11.3 Å². The zero-order valence-corrected chi connectivity index (χ0v) is 11.3. The molecular weight excluding hydrogens is 259 g/mol. The lowest BCUT2D eigenvalue weighted by atomic mass is 10.1. The minimum absolute atomic E-state index is 0.0362. The molecule has 1 heterocycles. The van der Waals surface area contributed by atoms with Crippen molar-refractivity contribution in [3.8, 4) is 6.07 Å². The molecule has 1 aliphatic heterocycles. The number of likely N-dealkylation sites (N-methyl/N-ethyl adjacent to an activating group) is 1. The van der Waals surface area contributed by atoms with Crippen molar-refractivity contribution in [1.29, 1.82) is 5.26 Å². The second kappa shape index (κ2) is 6.46. The second-order valence-corrected chi connectivity index (χ2v) is 4.73. The third kappa shape index (κ3) is 3.13. The van der Waals surface area contributed by atoms with E-state index in [1.165, 1.54) is 12.1 Å². The molecule has 1 aromatic rings. The highest BCUT2D eigenvalue weighted by Gasteiger charge is 2.27. The molecule has 0 saturated carbocycles. The summed E-state index contributed by atoms with van der Waals surface area (Å²) in [5.74, 6) is -0.556. The maximum absolute atomic E-state index is 13.3. The van der Waals surface area contributed by atoms with E-state index in [9.17, 15) is 9.18 Å². The minimum atomic E-state index is -0.514. The van der Waals surface area contributed by atoms with Crippen molar-refractivity contribution < 1.29 is 9.18 Å². The lowest BCUT2D eigenvalue weighted by Crippen LogP contribution is -2.56. The number of amides is 1. The van der Waals surface area contributed by atoms with Crippen molar-refractivity contribution in [2.75, 3.05) is 26.7 Å². The Morgan fingerprint density at radius 1 is 1.65 bits per heavy atom. The molecule has 0 aromatic heterocycles. The van der Waals surface area contributed by atoms with Crippen LogP contribution in [0.15, 0.2) is 18.2 Å². The zero-order chi connectivity index (χ0) is 14.5. The van der Waals surface area contributed by atoms with E-state index >= 15 is 0 Å². The highest BCUT2D eigenvalue weighted by atomic mass is 19.1. The Labute approximate surface area is 117 Å². The predicted octanol–water partition coefficient (Wildman–Crippen LogP) is 0.217. The molecule has 0 aliphatic carbocycles. The van der Waals surface area contributed by atoms with Gasteiger partial charge in [0.25, 0.3) is 0 Å². The van der Waals surface area contributed by atoms with Gasteiger partial charge in [0, 0.05) is 33.2 Å². The number of hydrogen-bond donors (Lipinski definition) is 2. The number of carbonyl (C=O) groups excluding carboxylic acids is 1. The third-order valence-corrected chi connectivity index (χ3v) is 3.44. The van der Waals surface area contributed by atoms with E-state index in [4.69, 9.17) is 5.26 Å². The Bertz CT molecular complexity index is 540. The van der Waals surface area contributed by atoms with Crippen molar-refractivity contribution in [3.05, 3.63) is 35.1 Å². The Balaban J connectivity index is 2.15. The number of carbonyl (C=O) groups is 1. The number of nitrogens with one attached hydrogen (secondary N) is 2. The number of halogens is 1. The van der Waals surface area contributed by atoms with Crippen LogP contribution >= 0.6 is 0 Å². The normalized spacial score (nSPS) is 19.4. The fraction of sp³-hybridized carbons (Fsp3) is 0.429. The molecule has 1 aromatic carbocycles. The van der Waals surface area contributed by atoms with E-state index < -0.39 is 5.82 Å². The van der Waals surface area contributed by atoms with Gasteiger partial charge in [-0.3, -0.25) is 9.69 Å².